The van der Waals surface area contributed by atoms with Gasteiger partial charge in [-0.25, -0.2) is 0 Å². The third kappa shape index (κ3) is 2.63. The number of benzene rings is 4. The molecule has 2 amide bonds. The van der Waals surface area contributed by atoms with Gasteiger partial charge in [0.05, 0.1) is 22.6 Å². The van der Waals surface area contributed by atoms with Crippen molar-refractivity contribution in [3.05, 3.63) is 96.1 Å². The van der Waals surface area contributed by atoms with E-state index in [9.17, 15) is 9.59 Å². The lowest BCUT2D eigenvalue weighted by molar-refractivity contribution is 0.0990. The largest absolute Gasteiger partial charge is 0.397 e. The third-order valence-electron chi connectivity index (χ3n) is 5.53. The molecule has 0 aromatic heterocycles. The fraction of sp³-hybridized carbons (Fsp3) is 0.0400. The Bertz CT molecular complexity index is 1310. The molecule has 4 aromatic rings. The standard InChI is InChI=1S/C25H19N3O2/c1-27(21-10-3-2-9-20(21)26)24(29)17-12-14-18(15-13-17)28-22-11-5-7-16-6-4-8-19(23(16)22)25(28)30/h2-15H,26H2,1H3. The number of hydrogen-bond donors (Lipinski definition) is 1. The Morgan fingerprint density at radius 1 is 0.867 bits per heavy atom. The van der Waals surface area contributed by atoms with Crippen LogP contribution >= 0.6 is 0 Å². The number of nitrogens with two attached hydrogens (primary N) is 1. The van der Waals surface area contributed by atoms with E-state index in [2.05, 4.69) is 0 Å². The number of hydrogen-bond acceptors (Lipinski definition) is 3. The average molecular weight is 393 g/mol. The summed E-state index contributed by atoms with van der Waals surface area (Å²) in [5, 5.41) is 2.00. The number of nitrogen functional groups attached to an aromatic ring is 1. The minimum Gasteiger partial charge on any atom is -0.397 e. The van der Waals surface area contributed by atoms with Gasteiger partial charge in [0.1, 0.15) is 0 Å². The summed E-state index contributed by atoms with van der Waals surface area (Å²) in [5.74, 6) is -0.229. The second-order valence-electron chi connectivity index (χ2n) is 7.29. The summed E-state index contributed by atoms with van der Waals surface area (Å²) in [5.41, 5.74) is 10.00. The zero-order chi connectivity index (χ0) is 20.8. The van der Waals surface area contributed by atoms with Crippen molar-refractivity contribution in [3.63, 3.8) is 0 Å². The Morgan fingerprint density at radius 3 is 2.30 bits per heavy atom. The lowest BCUT2D eigenvalue weighted by Crippen LogP contribution is -2.27. The summed E-state index contributed by atoms with van der Waals surface area (Å²) >= 11 is 0. The number of rotatable bonds is 3. The monoisotopic (exact) mass is 393 g/mol. The van der Waals surface area contributed by atoms with Gasteiger partial charge < -0.3 is 10.6 Å². The van der Waals surface area contributed by atoms with Crippen LogP contribution in [0.5, 0.6) is 0 Å². The molecule has 1 aliphatic heterocycles. The first kappa shape index (κ1) is 17.9. The van der Waals surface area contributed by atoms with Crippen LogP contribution in [0.2, 0.25) is 0 Å². The zero-order valence-electron chi connectivity index (χ0n) is 16.4. The first-order valence-electron chi connectivity index (χ1n) is 9.65. The minimum atomic E-state index is -0.169. The minimum absolute atomic E-state index is 0.0601. The molecule has 4 aromatic carbocycles. The fourth-order valence-corrected chi connectivity index (χ4v) is 4.02. The molecule has 146 valence electrons. The van der Waals surface area contributed by atoms with E-state index in [1.54, 1.807) is 42.3 Å². The molecule has 5 nitrogen and oxygen atoms in total. The number of carbonyl (C=O) groups is 2. The molecule has 0 atom stereocenters. The normalized spacial score (nSPS) is 12.4. The van der Waals surface area contributed by atoms with Crippen LogP contribution in [0.4, 0.5) is 22.7 Å². The van der Waals surface area contributed by atoms with Crippen molar-refractivity contribution >= 4 is 45.3 Å². The summed E-state index contributed by atoms with van der Waals surface area (Å²) < 4.78 is 0. The summed E-state index contributed by atoms with van der Waals surface area (Å²) in [6.45, 7) is 0. The third-order valence-corrected chi connectivity index (χ3v) is 5.53. The van der Waals surface area contributed by atoms with Crippen LogP contribution in [-0.2, 0) is 0 Å². The molecule has 5 rings (SSSR count). The Balaban J connectivity index is 1.48. The van der Waals surface area contributed by atoms with Gasteiger partial charge in [0.2, 0.25) is 0 Å². The average Bonchev–Trinajstić information content (AvgIpc) is 3.07. The van der Waals surface area contributed by atoms with Crippen molar-refractivity contribution in [1.29, 1.82) is 0 Å². The van der Waals surface area contributed by atoms with Crippen molar-refractivity contribution in [3.8, 4) is 0 Å². The second kappa shape index (κ2) is 6.74. The fourth-order valence-electron chi connectivity index (χ4n) is 4.02. The first-order valence-corrected chi connectivity index (χ1v) is 9.65. The van der Waals surface area contributed by atoms with E-state index in [-0.39, 0.29) is 11.8 Å². The van der Waals surface area contributed by atoms with Gasteiger partial charge in [-0.15, -0.1) is 0 Å². The summed E-state index contributed by atoms with van der Waals surface area (Å²) in [7, 11) is 1.70. The van der Waals surface area contributed by atoms with Gasteiger partial charge in [-0.05, 0) is 53.9 Å². The van der Waals surface area contributed by atoms with E-state index in [4.69, 9.17) is 5.73 Å². The van der Waals surface area contributed by atoms with Crippen molar-refractivity contribution in [2.24, 2.45) is 0 Å². The van der Waals surface area contributed by atoms with Crippen molar-refractivity contribution in [2.75, 3.05) is 22.6 Å². The molecule has 30 heavy (non-hydrogen) atoms. The number of nitrogens with zero attached hydrogens (tertiary/aromatic N) is 2. The van der Waals surface area contributed by atoms with E-state index in [0.717, 1.165) is 22.1 Å². The molecule has 1 aliphatic rings. The maximum absolute atomic E-state index is 13.1. The second-order valence-corrected chi connectivity index (χ2v) is 7.29. The molecule has 0 saturated carbocycles. The number of amides is 2. The maximum Gasteiger partial charge on any atom is 0.263 e. The highest BCUT2D eigenvalue weighted by atomic mass is 16.2. The van der Waals surface area contributed by atoms with Gasteiger partial charge in [-0.3, -0.25) is 14.5 Å². The molecule has 5 heteroatoms. The van der Waals surface area contributed by atoms with E-state index in [0.29, 0.717) is 22.5 Å². The van der Waals surface area contributed by atoms with Crippen molar-refractivity contribution < 1.29 is 9.59 Å². The van der Waals surface area contributed by atoms with Crippen LogP contribution in [0.3, 0.4) is 0 Å². The smallest absolute Gasteiger partial charge is 0.263 e. The maximum atomic E-state index is 13.1. The zero-order valence-corrected chi connectivity index (χ0v) is 16.4. The highest BCUT2D eigenvalue weighted by molar-refractivity contribution is 6.27. The molecular weight excluding hydrogens is 374 g/mol. The van der Waals surface area contributed by atoms with E-state index >= 15 is 0 Å². The number of carbonyl (C=O) groups excluding carboxylic acids is 2. The van der Waals surface area contributed by atoms with Gasteiger partial charge in [-0.2, -0.15) is 0 Å². The highest BCUT2D eigenvalue weighted by Gasteiger charge is 2.30. The molecular formula is C25H19N3O2. The summed E-state index contributed by atoms with van der Waals surface area (Å²) in [4.78, 5) is 29.2. The van der Waals surface area contributed by atoms with Gasteiger partial charge in [0.15, 0.2) is 0 Å². The topological polar surface area (TPSA) is 66.6 Å². The number of para-hydroxylation sites is 2. The molecule has 0 spiro atoms. The van der Waals surface area contributed by atoms with Crippen LogP contribution < -0.4 is 15.5 Å². The van der Waals surface area contributed by atoms with Crippen LogP contribution in [0.25, 0.3) is 10.8 Å². The molecule has 1 heterocycles. The molecule has 0 saturated heterocycles. The van der Waals surface area contributed by atoms with Crippen LogP contribution in [0, 0.1) is 0 Å². The summed E-state index contributed by atoms with van der Waals surface area (Å²) in [6.07, 6.45) is 0. The molecule has 0 bridgehead atoms. The quantitative estimate of drug-likeness (QED) is 0.499. The molecule has 0 aliphatic carbocycles. The Hall–Kier alpha value is -4.12. The molecule has 2 N–H and O–H groups in total. The van der Waals surface area contributed by atoms with E-state index < -0.39 is 0 Å². The SMILES string of the molecule is CN(C(=O)c1ccc(N2C(=O)c3cccc4cccc2c34)cc1)c1ccccc1N. The van der Waals surface area contributed by atoms with Crippen molar-refractivity contribution in [2.45, 2.75) is 0 Å². The molecule has 0 unspecified atom stereocenters. The lowest BCUT2D eigenvalue weighted by atomic mass is 10.1. The Kier molecular flexibility index (Phi) is 4.03. The van der Waals surface area contributed by atoms with Gasteiger partial charge in [0, 0.05) is 23.7 Å². The van der Waals surface area contributed by atoms with Crippen molar-refractivity contribution in [1.82, 2.24) is 0 Å². The van der Waals surface area contributed by atoms with Gasteiger partial charge >= 0.3 is 0 Å². The first-order chi connectivity index (χ1) is 14.6. The van der Waals surface area contributed by atoms with Gasteiger partial charge in [-0.1, -0.05) is 36.4 Å². The predicted octanol–water partition coefficient (Wildman–Crippen LogP) is 4.99. The highest BCUT2D eigenvalue weighted by Crippen LogP contribution is 2.41. The van der Waals surface area contributed by atoms with Gasteiger partial charge in [0.25, 0.3) is 11.8 Å². The lowest BCUT2D eigenvalue weighted by Gasteiger charge is -2.21. The van der Waals surface area contributed by atoms with Crippen LogP contribution in [0.15, 0.2) is 84.9 Å². The Morgan fingerprint density at radius 2 is 1.57 bits per heavy atom. The van der Waals surface area contributed by atoms with Crippen LogP contribution in [0.1, 0.15) is 20.7 Å². The summed E-state index contributed by atoms with van der Waals surface area (Å²) in [6, 6.07) is 26.0. The Labute approximate surface area is 173 Å². The van der Waals surface area contributed by atoms with Crippen LogP contribution in [-0.4, -0.2) is 18.9 Å². The van der Waals surface area contributed by atoms with E-state index in [1.807, 2.05) is 54.6 Å². The number of anilines is 4. The van der Waals surface area contributed by atoms with E-state index in [1.165, 1.54) is 4.90 Å². The molecule has 0 fully saturated rings. The molecule has 0 radical (unpaired) electrons. The predicted molar refractivity (Wildman–Crippen MR) is 120 cm³/mol.